The Morgan fingerprint density at radius 1 is 0.926 bits per heavy atom. The van der Waals surface area contributed by atoms with E-state index in [1.54, 1.807) is 12.7 Å². The summed E-state index contributed by atoms with van der Waals surface area (Å²) < 4.78 is 5.40. The van der Waals surface area contributed by atoms with Crippen LogP contribution in [0.2, 0.25) is 0 Å². The van der Waals surface area contributed by atoms with E-state index in [1.165, 1.54) is 77.0 Å². The number of allylic oxidation sites excluding steroid dienone is 2. The summed E-state index contributed by atoms with van der Waals surface area (Å²) in [7, 11) is 1.76. The molecule has 150 valence electrons. The van der Waals surface area contributed by atoms with E-state index < -0.39 is 0 Å². The van der Waals surface area contributed by atoms with Crippen molar-refractivity contribution in [3.05, 3.63) is 42.0 Å². The molecule has 1 aromatic rings. The molecular formula is C26H40O. The predicted molar refractivity (Wildman–Crippen MR) is 116 cm³/mol. The Labute approximate surface area is 167 Å². The second kappa shape index (κ2) is 10.9. The van der Waals surface area contributed by atoms with Gasteiger partial charge in [0.05, 0.1) is 7.11 Å². The van der Waals surface area contributed by atoms with Crippen molar-refractivity contribution in [2.24, 2.45) is 17.8 Å². The lowest BCUT2D eigenvalue weighted by molar-refractivity contribution is 0.210. The molecule has 1 aromatic carbocycles. The zero-order chi connectivity index (χ0) is 18.9. The molecule has 1 saturated carbocycles. The van der Waals surface area contributed by atoms with Crippen molar-refractivity contribution in [1.82, 2.24) is 0 Å². The summed E-state index contributed by atoms with van der Waals surface area (Å²) in [6, 6.07) is 9.02. The van der Waals surface area contributed by atoms with Crippen LogP contribution in [0.3, 0.4) is 0 Å². The Kier molecular flexibility index (Phi) is 8.30. The van der Waals surface area contributed by atoms with Crippen molar-refractivity contribution in [1.29, 1.82) is 0 Å². The van der Waals surface area contributed by atoms with E-state index in [4.69, 9.17) is 4.74 Å². The Hall–Kier alpha value is -1.24. The van der Waals surface area contributed by atoms with Crippen LogP contribution in [0.4, 0.5) is 0 Å². The van der Waals surface area contributed by atoms with E-state index in [-0.39, 0.29) is 0 Å². The average molecular weight is 369 g/mol. The Balaban J connectivity index is 1.63. The first-order valence-electron chi connectivity index (χ1n) is 11.6. The predicted octanol–water partition coefficient (Wildman–Crippen LogP) is 7.91. The van der Waals surface area contributed by atoms with E-state index in [0.29, 0.717) is 0 Å². The molecule has 0 aromatic heterocycles. The Morgan fingerprint density at radius 3 is 2.33 bits per heavy atom. The molecule has 0 radical (unpaired) electrons. The second-order valence-electron chi connectivity index (χ2n) is 9.04. The van der Waals surface area contributed by atoms with Crippen LogP contribution in [0, 0.1) is 17.8 Å². The molecule has 0 heterocycles. The van der Waals surface area contributed by atoms with Crippen LogP contribution in [0.1, 0.15) is 95.5 Å². The number of unbranched alkanes of at least 4 members (excludes halogenated alkanes) is 2. The zero-order valence-corrected chi connectivity index (χ0v) is 17.7. The smallest absolute Gasteiger partial charge is 0.118 e. The summed E-state index contributed by atoms with van der Waals surface area (Å²) in [5.74, 6) is 4.49. The summed E-state index contributed by atoms with van der Waals surface area (Å²) in [6.45, 7) is 2.32. The van der Waals surface area contributed by atoms with Gasteiger partial charge in [-0.25, -0.2) is 0 Å². The molecule has 0 bridgehead atoms. The van der Waals surface area contributed by atoms with E-state index >= 15 is 0 Å². The number of benzene rings is 1. The van der Waals surface area contributed by atoms with Crippen molar-refractivity contribution >= 4 is 0 Å². The Bertz CT molecular complexity index is 550. The normalized spacial score (nSPS) is 26.7. The molecule has 2 aliphatic carbocycles. The van der Waals surface area contributed by atoms with Crippen molar-refractivity contribution in [2.75, 3.05) is 7.11 Å². The molecule has 0 saturated heterocycles. The largest absolute Gasteiger partial charge is 0.497 e. The summed E-state index contributed by atoms with van der Waals surface area (Å²) in [5.41, 5.74) is 1.56. The van der Waals surface area contributed by atoms with E-state index in [1.807, 2.05) is 0 Å². The van der Waals surface area contributed by atoms with Crippen LogP contribution >= 0.6 is 0 Å². The van der Waals surface area contributed by atoms with E-state index in [2.05, 4.69) is 43.3 Å². The lowest BCUT2D eigenvalue weighted by atomic mass is 9.69. The molecule has 2 unspecified atom stereocenters. The fourth-order valence-corrected chi connectivity index (χ4v) is 5.44. The summed E-state index contributed by atoms with van der Waals surface area (Å²) >= 11 is 0. The fraction of sp³-hybridized carbons (Fsp3) is 0.692. The van der Waals surface area contributed by atoms with Gasteiger partial charge in [-0.2, -0.15) is 0 Å². The van der Waals surface area contributed by atoms with Crippen molar-refractivity contribution in [3.8, 4) is 5.75 Å². The first kappa shape index (κ1) is 20.5. The van der Waals surface area contributed by atoms with Gasteiger partial charge in [0.2, 0.25) is 0 Å². The minimum absolute atomic E-state index is 0.740. The average Bonchev–Trinajstić information content (AvgIpc) is 2.74. The molecule has 2 atom stereocenters. The molecule has 0 aliphatic heterocycles. The maximum Gasteiger partial charge on any atom is 0.118 e. The van der Waals surface area contributed by atoms with Crippen molar-refractivity contribution in [3.63, 3.8) is 0 Å². The van der Waals surface area contributed by atoms with Gasteiger partial charge in [0, 0.05) is 0 Å². The highest BCUT2D eigenvalue weighted by Gasteiger charge is 2.30. The third-order valence-electron chi connectivity index (χ3n) is 7.19. The maximum absolute atomic E-state index is 5.40. The minimum atomic E-state index is 0.740. The molecular weight excluding hydrogens is 328 g/mol. The van der Waals surface area contributed by atoms with Gasteiger partial charge in [-0.3, -0.25) is 0 Å². The number of rotatable bonds is 9. The van der Waals surface area contributed by atoms with Gasteiger partial charge in [0.1, 0.15) is 5.75 Å². The van der Waals surface area contributed by atoms with E-state index in [9.17, 15) is 0 Å². The number of hydrogen-bond acceptors (Lipinski definition) is 1. The topological polar surface area (TPSA) is 9.23 Å². The van der Waals surface area contributed by atoms with Crippen LogP contribution in [-0.4, -0.2) is 7.11 Å². The minimum Gasteiger partial charge on any atom is -0.497 e. The molecule has 3 rings (SSSR count). The van der Waals surface area contributed by atoms with Gasteiger partial charge < -0.3 is 4.74 Å². The van der Waals surface area contributed by atoms with Gasteiger partial charge in [-0.05, 0) is 79.9 Å². The quantitative estimate of drug-likeness (QED) is 0.318. The van der Waals surface area contributed by atoms with Gasteiger partial charge in [-0.15, -0.1) is 0 Å². The third kappa shape index (κ3) is 6.13. The number of methoxy groups -OCH3 is 1. The summed E-state index contributed by atoms with van der Waals surface area (Å²) in [4.78, 5) is 0. The molecule has 2 aliphatic rings. The lowest BCUT2D eigenvalue weighted by Gasteiger charge is -2.36. The number of ether oxygens (including phenoxy) is 1. The molecule has 1 heteroatoms. The van der Waals surface area contributed by atoms with Crippen LogP contribution in [0.5, 0.6) is 5.75 Å². The van der Waals surface area contributed by atoms with Gasteiger partial charge in [-0.1, -0.05) is 69.7 Å². The molecule has 1 nitrogen and oxygen atoms in total. The highest BCUT2D eigenvalue weighted by Crippen LogP contribution is 2.44. The maximum atomic E-state index is 5.40. The molecule has 0 N–H and O–H groups in total. The van der Waals surface area contributed by atoms with Crippen LogP contribution < -0.4 is 4.74 Å². The molecule has 0 amide bonds. The first-order valence-corrected chi connectivity index (χ1v) is 11.6. The summed E-state index contributed by atoms with van der Waals surface area (Å²) in [6.07, 6.45) is 21.6. The van der Waals surface area contributed by atoms with Crippen LogP contribution in [-0.2, 0) is 0 Å². The van der Waals surface area contributed by atoms with Crippen LogP contribution in [0.15, 0.2) is 36.4 Å². The molecule has 1 fully saturated rings. The van der Waals surface area contributed by atoms with Gasteiger partial charge in [0.25, 0.3) is 0 Å². The summed E-state index contributed by atoms with van der Waals surface area (Å²) in [5, 5.41) is 0. The second-order valence-corrected chi connectivity index (χ2v) is 9.04. The zero-order valence-electron chi connectivity index (χ0n) is 17.7. The Morgan fingerprint density at radius 2 is 1.70 bits per heavy atom. The third-order valence-corrected chi connectivity index (χ3v) is 7.19. The van der Waals surface area contributed by atoms with Gasteiger partial charge >= 0.3 is 0 Å². The highest BCUT2D eigenvalue weighted by molar-refractivity contribution is 5.30. The van der Waals surface area contributed by atoms with Gasteiger partial charge in [0.15, 0.2) is 0 Å². The molecule has 27 heavy (non-hydrogen) atoms. The van der Waals surface area contributed by atoms with E-state index in [0.717, 1.165) is 29.4 Å². The highest BCUT2D eigenvalue weighted by atomic mass is 16.5. The molecule has 0 spiro atoms. The standard InChI is InChI=1S/C26H40O/c1-3-4-6-9-21-12-14-23(15-13-21)26(20-22-10-7-5-8-11-22)24-16-18-25(27-2)19-17-24/h5,7,16-19,21-23,26H,3-4,6,8-15,20H2,1-2H3. The van der Waals surface area contributed by atoms with Crippen molar-refractivity contribution < 1.29 is 4.74 Å². The van der Waals surface area contributed by atoms with Crippen molar-refractivity contribution in [2.45, 2.75) is 89.9 Å². The monoisotopic (exact) mass is 368 g/mol. The lowest BCUT2D eigenvalue weighted by Crippen LogP contribution is -2.23. The number of hydrogen-bond donors (Lipinski definition) is 0. The fourth-order valence-electron chi connectivity index (χ4n) is 5.44. The first-order chi connectivity index (χ1) is 13.3. The SMILES string of the molecule is CCCCCC1CCC(C(CC2CC=CCC2)c2ccc(OC)cc2)CC1. The van der Waals surface area contributed by atoms with Crippen LogP contribution in [0.25, 0.3) is 0 Å².